The molecule has 1 heterocycles. The molecule has 198 valence electrons. The average Bonchev–Trinajstić information content (AvgIpc) is 3.33. The van der Waals surface area contributed by atoms with Crippen molar-refractivity contribution < 1.29 is 10.3 Å². The number of aliphatic hydroxyl groups is 1. The normalized spacial score (nSPS) is 46.7. The van der Waals surface area contributed by atoms with Crippen molar-refractivity contribution in [3.05, 3.63) is 22.8 Å². The molecule has 5 aliphatic rings. The largest absolute Gasteiger partial charge is 0.391 e. The molecule has 2 N–H and O–H groups in total. The molecule has 0 aromatic carbocycles. The Kier molecular flexibility index (Phi) is 6.86. The standard InChI is InChI=1S/C31H52N2O2/c1-19(2)21-14-17-33(35)28(21)18-20(3)23-10-11-24-22-8-9-26-29(34)27(32(6)7)13-16-31(26,5)25(22)12-15-30(23,24)4/h8,20,23-29,34-35H,9-18H2,1-7H3/t20-,23-,24+,25+,26+,27+,28?,29-,30-,31-/m1/s1. The van der Waals surface area contributed by atoms with Crippen LogP contribution in [-0.2, 0) is 0 Å². The van der Waals surface area contributed by atoms with Crippen LogP contribution < -0.4 is 0 Å². The van der Waals surface area contributed by atoms with E-state index in [1.807, 2.05) is 0 Å². The molecule has 0 amide bonds. The highest BCUT2D eigenvalue weighted by atomic mass is 16.5. The van der Waals surface area contributed by atoms with E-state index in [2.05, 4.69) is 59.7 Å². The van der Waals surface area contributed by atoms with E-state index in [-0.39, 0.29) is 17.6 Å². The van der Waals surface area contributed by atoms with Crippen LogP contribution in [0.15, 0.2) is 22.8 Å². The fourth-order valence-electron chi connectivity index (χ4n) is 10.2. The quantitative estimate of drug-likeness (QED) is 0.460. The smallest absolute Gasteiger partial charge is 0.0731 e. The molecule has 4 heteroatoms. The molecule has 0 spiro atoms. The van der Waals surface area contributed by atoms with E-state index in [1.165, 1.54) is 43.3 Å². The highest BCUT2D eigenvalue weighted by Gasteiger charge is 2.60. The molecule has 0 bridgehead atoms. The predicted octanol–water partition coefficient (Wildman–Crippen LogP) is 6.29. The van der Waals surface area contributed by atoms with Gasteiger partial charge in [0.15, 0.2) is 0 Å². The van der Waals surface area contributed by atoms with Gasteiger partial charge in [0, 0.05) is 12.6 Å². The summed E-state index contributed by atoms with van der Waals surface area (Å²) >= 11 is 0. The lowest BCUT2D eigenvalue weighted by molar-refractivity contribution is -0.108. The van der Waals surface area contributed by atoms with Crippen molar-refractivity contribution in [3.8, 4) is 0 Å². The Morgan fingerprint density at radius 1 is 1.09 bits per heavy atom. The molecule has 4 nitrogen and oxygen atoms in total. The van der Waals surface area contributed by atoms with Crippen molar-refractivity contribution in [2.45, 2.75) is 111 Å². The molecule has 0 aromatic rings. The summed E-state index contributed by atoms with van der Waals surface area (Å²) in [4.78, 5) is 2.25. The zero-order chi connectivity index (χ0) is 25.3. The van der Waals surface area contributed by atoms with Crippen molar-refractivity contribution in [1.82, 2.24) is 9.96 Å². The molecule has 1 aliphatic heterocycles. The van der Waals surface area contributed by atoms with Gasteiger partial charge in [-0.05, 0) is 126 Å². The number of hydrogen-bond donors (Lipinski definition) is 2. The first-order valence-corrected chi connectivity index (χ1v) is 14.6. The Morgan fingerprint density at radius 3 is 2.46 bits per heavy atom. The maximum absolute atomic E-state index is 11.4. The van der Waals surface area contributed by atoms with Crippen molar-refractivity contribution in [2.75, 3.05) is 20.6 Å². The average molecular weight is 485 g/mol. The molecule has 0 aromatic heterocycles. The van der Waals surface area contributed by atoms with E-state index in [0.717, 1.165) is 38.1 Å². The van der Waals surface area contributed by atoms with E-state index < -0.39 is 0 Å². The van der Waals surface area contributed by atoms with Crippen molar-refractivity contribution >= 4 is 0 Å². The van der Waals surface area contributed by atoms with Gasteiger partial charge in [-0.15, -0.1) is 0 Å². The van der Waals surface area contributed by atoms with Gasteiger partial charge in [0.25, 0.3) is 0 Å². The Morgan fingerprint density at radius 2 is 1.77 bits per heavy atom. The monoisotopic (exact) mass is 484 g/mol. The van der Waals surface area contributed by atoms with Gasteiger partial charge in [-0.1, -0.05) is 43.6 Å². The van der Waals surface area contributed by atoms with E-state index in [9.17, 15) is 10.3 Å². The van der Waals surface area contributed by atoms with Gasteiger partial charge in [-0.25, -0.2) is 0 Å². The molecule has 4 fully saturated rings. The van der Waals surface area contributed by atoms with Gasteiger partial charge in [-0.3, -0.25) is 0 Å². The van der Waals surface area contributed by atoms with Gasteiger partial charge in [0.2, 0.25) is 0 Å². The van der Waals surface area contributed by atoms with Gasteiger partial charge in [0.05, 0.1) is 12.1 Å². The molecule has 3 saturated carbocycles. The number of hydroxylamine groups is 2. The molecule has 4 aliphatic carbocycles. The zero-order valence-corrected chi connectivity index (χ0v) is 23.6. The van der Waals surface area contributed by atoms with Crippen molar-refractivity contribution in [2.24, 2.45) is 40.4 Å². The Hall–Kier alpha value is -0.680. The van der Waals surface area contributed by atoms with E-state index in [1.54, 1.807) is 10.6 Å². The first-order chi connectivity index (χ1) is 16.5. The zero-order valence-electron chi connectivity index (χ0n) is 23.6. The third-order valence-corrected chi connectivity index (χ3v) is 12.2. The first-order valence-electron chi connectivity index (χ1n) is 14.6. The summed E-state index contributed by atoms with van der Waals surface area (Å²) in [6, 6.07) is 0.525. The molecular formula is C31H52N2O2. The second-order valence-electron chi connectivity index (χ2n) is 14.1. The van der Waals surface area contributed by atoms with E-state index in [4.69, 9.17) is 0 Å². The molecule has 35 heavy (non-hydrogen) atoms. The molecule has 1 saturated heterocycles. The number of aliphatic hydroxyl groups excluding tert-OH is 1. The molecule has 1 unspecified atom stereocenters. The van der Waals surface area contributed by atoms with Crippen LogP contribution in [0.2, 0.25) is 0 Å². The lowest BCUT2D eigenvalue weighted by atomic mass is 9.47. The fourth-order valence-corrected chi connectivity index (χ4v) is 10.2. The van der Waals surface area contributed by atoms with Crippen LogP contribution in [0.4, 0.5) is 0 Å². The number of allylic oxidation sites excluding steroid dienone is 3. The van der Waals surface area contributed by atoms with Crippen molar-refractivity contribution in [3.63, 3.8) is 0 Å². The minimum atomic E-state index is -0.205. The number of fused-ring (bicyclic) bond motifs is 5. The summed E-state index contributed by atoms with van der Waals surface area (Å²) in [5.74, 6) is 3.14. The van der Waals surface area contributed by atoms with Gasteiger partial charge < -0.3 is 15.2 Å². The second-order valence-corrected chi connectivity index (χ2v) is 14.1. The third-order valence-electron chi connectivity index (χ3n) is 12.2. The second kappa shape index (κ2) is 9.26. The number of likely N-dealkylation sites (N-methyl/N-ethyl adjacent to an activating group) is 1. The lowest BCUT2D eigenvalue weighted by Crippen LogP contribution is -2.57. The fraction of sp³-hybridized carbons (Fsp3) is 0.871. The Bertz CT molecular complexity index is 875. The summed E-state index contributed by atoms with van der Waals surface area (Å²) in [5, 5.41) is 23.6. The Balaban J connectivity index is 1.36. The first kappa shape index (κ1) is 25.9. The summed E-state index contributed by atoms with van der Waals surface area (Å²) in [5.41, 5.74) is 5.28. The maximum atomic E-state index is 11.4. The lowest BCUT2D eigenvalue weighted by Gasteiger charge is -2.59. The minimum Gasteiger partial charge on any atom is -0.391 e. The minimum absolute atomic E-state index is 0.205. The van der Waals surface area contributed by atoms with Crippen LogP contribution in [-0.4, -0.2) is 59.1 Å². The van der Waals surface area contributed by atoms with Crippen LogP contribution in [0.1, 0.15) is 92.4 Å². The third kappa shape index (κ3) is 4.01. The van der Waals surface area contributed by atoms with Crippen LogP contribution in [0.5, 0.6) is 0 Å². The summed E-state index contributed by atoms with van der Waals surface area (Å²) in [6.07, 6.45) is 13.2. The number of rotatable bonds is 4. The molecular weight excluding hydrogens is 432 g/mol. The molecule has 5 rings (SSSR count). The molecule has 0 radical (unpaired) electrons. The topological polar surface area (TPSA) is 46.9 Å². The van der Waals surface area contributed by atoms with Gasteiger partial charge in [-0.2, -0.15) is 5.06 Å². The van der Waals surface area contributed by atoms with Crippen LogP contribution in [0.3, 0.4) is 0 Å². The maximum Gasteiger partial charge on any atom is 0.0731 e. The van der Waals surface area contributed by atoms with Crippen LogP contribution >= 0.6 is 0 Å². The summed E-state index contributed by atoms with van der Waals surface area (Å²) in [7, 11) is 4.27. The van der Waals surface area contributed by atoms with Gasteiger partial charge in [0.1, 0.15) is 0 Å². The summed E-state index contributed by atoms with van der Waals surface area (Å²) in [6.45, 7) is 12.8. The Labute approximate surface area is 214 Å². The van der Waals surface area contributed by atoms with E-state index in [0.29, 0.717) is 35.1 Å². The van der Waals surface area contributed by atoms with Gasteiger partial charge >= 0.3 is 0 Å². The van der Waals surface area contributed by atoms with Crippen molar-refractivity contribution in [1.29, 1.82) is 0 Å². The highest BCUT2D eigenvalue weighted by Crippen LogP contribution is 2.67. The SMILES string of the molecule is CC(C)=C1CCN(O)C1C[C@@H](C)[C@H]1CC[C@H]2C3=CC[C@H]4[C@@H](O)[C@@H](N(C)C)CC[C@]4(C)[C@H]3CC[C@]12C. The van der Waals surface area contributed by atoms with Crippen LogP contribution in [0.25, 0.3) is 0 Å². The van der Waals surface area contributed by atoms with Crippen LogP contribution in [0, 0.1) is 40.4 Å². The summed E-state index contributed by atoms with van der Waals surface area (Å²) < 4.78 is 0. The van der Waals surface area contributed by atoms with E-state index >= 15 is 0 Å². The molecule has 10 atom stereocenters. The number of hydrogen-bond acceptors (Lipinski definition) is 4. The highest BCUT2D eigenvalue weighted by molar-refractivity contribution is 5.29. The number of nitrogens with zero attached hydrogens (tertiary/aromatic N) is 2. The predicted molar refractivity (Wildman–Crippen MR) is 143 cm³/mol.